The van der Waals surface area contributed by atoms with Crippen LogP contribution in [-0.2, 0) is 13.6 Å². The fraction of sp³-hybridized carbons (Fsp3) is 0.250. The molecule has 0 radical (unpaired) electrons. The number of hydrogen-bond donors (Lipinski definition) is 0. The van der Waals surface area contributed by atoms with Gasteiger partial charge in [0.2, 0.25) is 0 Å². The standard InChI is InChI=1S/C16H16N2O2S/c1-10-8-13(11(2)17(10)3)14(19)9-18-6-4-15-12(16(18)20)5-7-21-15/h4-8H,9H2,1-3H3. The van der Waals surface area contributed by atoms with Crippen LogP contribution >= 0.6 is 11.3 Å². The number of Topliss-reactive ketones (excluding diaryl/α,β-unsaturated/α-hetero) is 1. The minimum atomic E-state index is -0.104. The maximum absolute atomic E-state index is 12.5. The lowest BCUT2D eigenvalue weighted by Gasteiger charge is -2.05. The van der Waals surface area contributed by atoms with Gasteiger partial charge < -0.3 is 9.13 Å². The summed E-state index contributed by atoms with van der Waals surface area (Å²) in [5.74, 6) is -0.0344. The van der Waals surface area contributed by atoms with Crippen molar-refractivity contribution in [1.82, 2.24) is 9.13 Å². The number of aryl methyl sites for hydroxylation is 1. The molecule has 0 unspecified atom stereocenters. The minimum absolute atomic E-state index is 0.0344. The summed E-state index contributed by atoms with van der Waals surface area (Å²) in [6, 6.07) is 5.57. The van der Waals surface area contributed by atoms with E-state index in [1.807, 2.05) is 43.0 Å². The molecule has 0 saturated carbocycles. The maximum atomic E-state index is 12.5. The number of thiophene rings is 1. The van der Waals surface area contributed by atoms with Gasteiger partial charge >= 0.3 is 0 Å². The van der Waals surface area contributed by atoms with Gasteiger partial charge in [0.15, 0.2) is 5.78 Å². The van der Waals surface area contributed by atoms with Crippen LogP contribution < -0.4 is 5.56 Å². The van der Waals surface area contributed by atoms with Gasteiger partial charge in [-0.1, -0.05) is 0 Å². The van der Waals surface area contributed by atoms with E-state index >= 15 is 0 Å². The Kier molecular flexibility index (Phi) is 3.29. The van der Waals surface area contributed by atoms with Gasteiger partial charge in [0.25, 0.3) is 5.56 Å². The van der Waals surface area contributed by atoms with E-state index in [0.717, 1.165) is 16.1 Å². The van der Waals surface area contributed by atoms with Crippen LogP contribution in [0, 0.1) is 13.8 Å². The first-order chi connectivity index (χ1) is 9.99. The summed E-state index contributed by atoms with van der Waals surface area (Å²) in [6.07, 6.45) is 1.70. The average Bonchev–Trinajstić information content (AvgIpc) is 3.03. The quantitative estimate of drug-likeness (QED) is 0.698. The number of rotatable bonds is 3. The average molecular weight is 300 g/mol. The summed E-state index contributed by atoms with van der Waals surface area (Å²) in [5, 5.41) is 2.57. The summed E-state index contributed by atoms with van der Waals surface area (Å²) in [6.45, 7) is 3.97. The summed E-state index contributed by atoms with van der Waals surface area (Å²) < 4.78 is 4.42. The van der Waals surface area contributed by atoms with Crippen molar-refractivity contribution in [3.63, 3.8) is 0 Å². The molecule has 0 fully saturated rings. The van der Waals surface area contributed by atoms with Crippen LogP contribution in [0.1, 0.15) is 21.7 Å². The Morgan fingerprint density at radius 2 is 2.05 bits per heavy atom. The Labute approximate surface area is 126 Å². The Balaban J connectivity index is 1.98. The maximum Gasteiger partial charge on any atom is 0.259 e. The Bertz CT molecular complexity index is 899. The highest BCUT2D eigenvalue weighted by Crippen LogP contribution is 2.17. The zero-order valence-electron chi connectivity index (χ0n) is 12.2. The summed E-state index contributed by atoms with van der Waals surface area (Å²) in [7, 11) is 1.94. The number of fused-ring (bicyclic) bond motifs is 1. The number of carbonyl (C=O) groups excluding carboxylic acids is 1. The highest BCUT2D eigenvalue weighted by atomic mass is 32.1. The van der Waals surface area contributed by atoms with E-state index in [2.05, 4.69) is 0 Å². The molecule has 0 atom stereocenters. The summed E-state index contributed by atoms with van der Waals surface area (Å²) in [4.78, 5) is 24.8. The van der Waals surface area contributed by atoms with Crippen LogP contribution in [0.5, 0.6) is 0 Å². The molecule has 0 amide bonds. The molecule has 0 aliphatic rings. The molecular formula is C16H16N2O2S. The number of pyridine rings is 1. The highest BCUT2D eigenvalue weighted by molar-refractivity contribution is 7.17. The van der Waals surface area contributed by atoms with Gasteiger partial charge in [0.1, 0.15) is 0 Å². The van der Waals surface area contributed by atoms with E-state index in [9.17, 15) is 9.59 Å². The van der Waals surface area contributed by atoms with E-state index in [4.69, 9.17) is 0 Å². The van der Waals surface area contributed by atoms with Crippen molar-refractivity contribution in [3.8, 4) is 0 Å². The van der Waals surface area contributed by atoms with Gasteiger partial charge in [0, 0.05) is 34.9 Å². The molecule has 21 heavy (non-hydrogen) atoms. The van der Waals surface area contributed by atoms with Crippen LogP contribution in [0.4, 0.5) is 0 Å². The van der Waals surface area contributed by atoms with Crippen LogP contribution in [0.15, 0.2) is 34.6 Å². The number of nitrogens with zero attached hydrogens (tertiary/aromatic N) is 2. The molecule has 0 aliphatic carbocycles. The first-order valence-electron chi connectivity index (χ1n) is 6.72. The van der Waals surface area contributed by atoms with E-state index in [1.165, 1.54) is 15.9 Å². The zero-order chi connectivity index (χ0) is 15.1. The second-order valence-electron chi connectivity index (χ2n) is 5.21. The van der Waals surface area contributed by atoms with E-state index in [1.54, 1.807) is 12.3 Å². The van der Waals surface area contributed by atoms with E-state index in [0.29, 0.717) is 10.9 Å². The van der Waals surface area contributed by atoms with Crippen molar-refractivity contribution < 1.29 is 4.79 Å². The molecular weight excluding hydrogens is 284 g/mol. The molecule has 5 heteroatoms. The number of hydrogen-bond acceptors (Lipinski definition) is 3. The Morgan fingerprint density at radius 1 is 1.29 bits per heavy atom. The van der Waals surface area contributed by atoms with Crippen molar-refractivity contribution in [2.75, 3.05) is 0 Å². The van der Waals surface area contributed by atoms with Crippen molar-refractivity contribution in [3.05, 3.63) is 57.1 Å². The third-order valence-corrected chi connectivity index (χ3v) is 4.86. The lowest BCUT2D eigenvalue weighted by atomic mass is 10.1. The minimum Gasteiger partial charge on any atom is -0.351 e. The molecule has 0 N–H and O–H groups in total. The monoisotopic (exact) mass is 300 g/mol. The summed E-state index contributed by atoms with van der Waals surface area (Å²) in [5.41, 5.74) is 2.55. The molecule has 3 heterocycles. The second kappa shape index (κ2) is 5.00. The van der Waals surface area contributed by atoms with Gasteiger partial charge in [-0.2, -0.15) is 0 Å². The van der Waals surface area contributed by atoms with Crippen molar-refractivity contribution in [1.29, 1.82) is 0 Å². The smallest absolute Gasteiger partial charge is 0.259 e. The molecule has 3 aromatic heterocycles. The van der Waals surface area contributed by atoms with Gasteiger partial charge in [-0.3, -0.25) is 9.59 Å². The number of carbonyl (C=O) groups is 1. The van der Waals surface area contributed by atoms with Gasteiger partial charge in [-0.05, 0) is 37.4 Å². The van der Waals surface area contributed by atoms with Crippen LogP contribution in [-0.4, -0.2) is 14.9 Å². The third-order valence-electron chi connectivity index (χ3n) is 3.98. The fourth-order valence-corrected chi connectivity index (χ4v) is 3.28. The Morgan fingerprint density at radius 3 is 2.71 bits per heavy atom. The van der Waals surface area contributed by atoms with E-state index < -0.39 is 0 Å². The van der Waals surface area contributed by atoms with Gasteiger partial charge in [-0.15, -0.1) is 11.3 Å². The topological polar surface area (TPSA) is 44.0 Å². The molecule has 0 aromatic carbocycles. The lowest BCUT2D eigenvalue weighted by Crippen LogP contribution is -2.23. The van der Waals surface area contributed by atoms with Crippen molar-refractivity contribution in [2.24, 2.45) is 7.05 Å². The zero-order valence-corrected chi connectivity index (χ0v) is 13.0. The largest absolute Gasteiger partial charge is 0.351 e. The van der Waals surface area contributed by atoms with Gasteiger partial charge in [-0.25, -0.2) is 0 Å². The predicted octanol–water partition coefficient (Wildman–Crippen LogP) is 2.90. The first-order valence-corrected chi connectivity index (χ1v) is 7.60. The molecule has 0 bridgehead atoms. The first kappa shape index (κ1) is 13.8. The van der Waals surface area contributed by atoms with Crippen molar-refractivity contribution >= 4 is 27.2 Å². The molecule has 0 spiro atoms. The van der Waals surface area contributed by atoms with Crippen LogP contribution in [0.2, 0.25) is 0 Å². The number of aromatic nitrogens is 2. The highest BCUT2D eigenvalue weighted by Gasteiger charge is 2.15. The molecule has 0 saturated heterocycles. The predicted molar refractivity (Wildman–Crippen MR) is 85.3 cm³/mol. The molecule has 3 aromatic rings. The SMILES string of the molecule is Cc1cc(C(=O)Cn2ccc3sccc3c2=O)c(C)n1C. The second-order valence-corrected chi connectivity index (χ2v) is 6.16. The Hall–Kier alpha value is -2.14. The summed E-state index contributed by atoms with van der Waals surface area (Å²) >= 11 is 1.53. The van der Waals surface area contributed by atoms with E-state index in [-0.39, 0.29) is 17.9 Å². The van der Waals surface area contributed by atoms with Gasteiger partial charge in [0.05, 0.1) is 11.9 Å². The van der Waals surface area contributed by atoms with Crippen LogP contribution in [0.3, 0.4) is 0 Å². The third kappa shape index (κ3) is 2.23. The van der Waals surface area contributed by atoms with Crippen LogP contribution in [0.25, 0.3) is 10.1 Å². The number of ketones is 1. The molecule has 3 rings (SSSR count). The fourth-order valence-electron chi connectivity index (χ4n) is 2.51. The molecule has 0 aliphatic heterocycles. The molecule has 108 valence electrons. The normalized spacial score (nSPS) is 11.2. The molecule has 4 nitrogen and oxygen atoms in total. The lowest BCUT2D eigenvalue weighted by molar-refractivity contribution is 0.0970. The van der Waals surface area contributed by atoms with Crippen molar-refractivity contribution in [2.45, 2.75) is 20.4 Å².